The van der Waals surface area contributed by atoms with Gasteiger partial charge in [0.05, 0.1) is 17.0 Å². The van der Waals surface area contributed by atoms with Crippen molar-refractivity contribution < 1.29 is 27.2 Å². The number of nitrogens with one attached hydrogen (secondary N) is 1. The molecule has 0 saturated carbocycles. The van der Waals surface area contributed by atoms with E-state index in [0.717, 1.165) is 6.08 Å². The second-order valence-electron chi connectivity index (χ2n) is 5.53. The molecule has 1 aromatic heterocycles. The summed E-state index contributed by atoms with van der Waals surface area (Å²) in [6.45, 7) is 1.19. The molecule has 2 heterocycles. The number of hydrogen-bond donors (Lipinski definition) is 1. The number of carbonyl (C=O) groups is 2. The number of amides is 1. The molecule has 0 radical (unpaired) electrons. The zero-order valence-corrected chi connectivity index (χ0v) is 14.8. The van der Waals surface area contributed by atoms with E-state index in [2.05, 4.69) is 21.2 Å². The molecule has 0 aromatic carbocycles. The summed E-state index contributed by atoms with van der Waals surface area (Å²) in [5, 5.41) is 2.60. The van der Waals surface area contributed by atoms with Crippen molar-refractivity contribution in [2.45, 2.75) is 18.9 Å². The fourth-order valence-electron chi connectivity index (χ4n) is 2.23. The standard InChI is InChI=1S/C14H16BrNO6S/c1-14(6-7-23(19,20)9-14)16-12(17)8-21-13(18)5-3-10-2-4-11(15)22-10/h2-5H,6-9H2,1H3,(H,16,17)/b5-3+/t14-/m1/s1. The lowest BCUT2D eigenvalue weighted by atomic mass is 10.0. The predicted molar refractivity (Wildman–Crippen MR) is 86.2 cm³/mol. The second kappa shape index (κ2) is 6.88. The maximum atomic E-state index is 11.8. The normalized spacial score (nSPS) is 23.0. The maximum Gasteiger partial charge on any atom is 0.331 e. The van der Waals surface area contributed by atoms with Gasteiger partial charge in [0.15, 0.2) is 21.1 Å². The Balaban J connectivity index is 1.78. The van der Waals surface area contributed by atoms with Crippen LogP contribution in [-0.2, 0) is 24.2 Å². The summed E-state index contributed by atoms with van der Waals surface area (Å²) in [4.78, 5) is 23.3. The van der Waals surface area contributed by atoms with Gasteiger partial charge < -0.3 is 14.5 Å². The van der Waals surface area contributed by atoms with Crippen LogP contribution in [0.25, 0.3) is 6.08 Å². The van der Waals surface area contributed by atoms with Crippen LogP contribution in [0.5, 0.6) is 0 Å². The van der Waals surface area contributed by atoms with Crippen molar-refractivity contribution in [3.05, 3.63) is 28.6 Å². The molecule has 7 nitrogen and oxygen atoms in total. The molecule has 0 unspecified atom stereocenters. The molecule has 1 amide bonds. The number of carbonyl (C=O) groups excluding carboxylic acids is 2. The Bertz CT molecular complexity index is 738. The summed E-state index contributed by atoms with van der Waals surface area (Å²) < 4.78 is 33.4. The quantitative estimate of drug-likeness (QED) is 0.584. The van der Waals surface area contributed by atoms with Gasteiger partial charge in [0.25, 0.3) is 5.91 Å². The van der Waals surface area contributed by atoms with Crippen LogP contribution in [0.4, 0.5) is 0 Å². The van der Waals surface area contributed by atoms with Crippen LogP contribution in [0.2, 0.25) is 0 Å². The predicted octanol–water partition coefficient (Wildman–Crippen LogP) is 1.29. The van der Waals surface area contributed by atoms with Gasteiger partial charge in [0, 0.05) is 6.08 Å². The van der Waals surface area contributed by atoms with Crippen molar-refractivity contribution in [1.82, 2.24) is 5.32 Å². The van der Waals surface area contributed by atoms with Gasteiger partial charge in [-0.15, -0.1) is 0 Å². The van der Waals surface area contributed by atoms with Crippen LogP contribution in [0.3, 0.4) is 0 Å². The van der Waals surface area contributed by atoms with Gasteiger partial charge in [-0.1, -0.05) is 0 Å². The smallest absolute Gasteiger partial charge is 0.331 e. The third-order valence-corrected chi connectivity index (χ3v) is 5.60. The fraction of sp³-hybridized carbons (Fsp3) is 0.429. The van der Waals surface area contributed by atoms with Crippen LogP contribution in [0.15, 0.2) is 27.3 Å². The Morgan fingerprint density at radius 2 is 2.22 bits per heavy atom. The molecule has 23 heavy (non-hydrogen) atoms. The SMILES string of the molecule is C[C@@]1(NC(=O)COC(=O)/C=C/c2ccc(Br)o2)CCS(=O)(=O)C1. The summed E-state index contributed by atoms with van der Waals surface area (Å²) >= 11 is 3.13. The topological polar surface area (TPSA) is 103 Å². The zero-order valence-electron chi connectivity index (χ0n) is 12.4. The summed E-state index contributed by atoms with van der Waals surface area (Å²) in [6, 6.07) is 3.33. The average molecular weight is 406 g/mol. The number of sulfone groups is 1. The number of hydrogen-bond acceptors (Lipinski definition) is 6. The van der Waals surface area contributed by atoms with E-state index in [1.807, 2.05) is 0 Å². The molecule has 1 saturated heterocycles. The van der Waals surface area contributed by atoms with Crippen molar-refractivity contribution in [3.8, 4) is 0 Å². The van der Waals surface area contributed by atoms with E-state index in [0.29, 0.717) is 16.9 Å². The summed E-state index contributed by atoms with van der Waals surface area (Å²) in [5.74, 6) is -0.830. The number of ether oxygens (including phenoxy) is 1. The highest BCUT2D eigenvalue weighted by Gasteiger charge is 2.39. The van der Waals surface area contributed by atoms with Gasteiger partial charge in [-0.2, -0.15) is 0 Å². The van der Waals surface area contributed by atoms with E-state index in [4.69, 9.17) is 9.15 Å². The van der Waals surface area contributed by atoms with E-state index in [1.165, 1.54) is 6.08 Å². The van der Waals surface area contributed by atoms with Crippen molar-refractivity contribution in [2.75, 3.05) is 18.1 Å². The maximum absolute atomic E-state index is 11.8. The molecule has 1 fully saturated rings. The van der Waals surface area contributed by atoms with Crippen molar-refractivity contribution in [2.24, 2.45) is 0 Å². The zero-order chi connectivity index (χ0) is 17.1. The molecule has 0 bridgehead atoms. The van der Waals surface area contributed by atoms with Crippen molar-refractivity contribution >= 4 is 43.7 Å². The minimum absolute atomic E-state index is 0.0466. The molecule has 1 aromatic rings. The molecule has 0 spiro atoms. The van der Waals surface area contributed by atoms with Crippen LogP contribution in [-0.4, -0.2) is 43.9 Å². The minimum Gasteiger partial charge on any atom is -0.452 e. The largest absolute Gasteiger partial charge is 0.452 e. The molecular formula is C14H16BrNO6S. The Hall–Kier alpha value is -1.61. The van der Waals surface area contributed by atoms with E-state index in [1.54, 1.807) is 19.1 Å². The van der Waals surface area contributed by atoms with E-state index in [9.17, 15) is 18.0 Å². The second-order valence-corrected chi connectivity index (χ2v) is 8.50. The monoisotopic (exact) mass is 405 g/mol. The minimum atomic E-state index is -3.12. The van der Waals surface area contributed by atoms with Crippen LogP contribution in [0, 0.1) is 0 Å². The summed E-state index contributed by atoms with van der Waals surface area (Å²) in [7, 11) is -3.12. The van der Waals surface area contributed by atoms with E-state index < -0.39 is 33.9 Å². The van der Waals surface area contributed by atoms with Crippen molar-refractivity contribution in [1.29, 1.82) is 0 Å². The third-order valence-electron chi connectivity index (χ3n) is 3.27. The third kappa shape index (κ3) is 5.51. The first-order chi connectivity index (χ1) is 10.7. The molecule has 2 rings (SSSR count). The summed E-state index contributed by atoms with van der Waals surface area (Å²) in [5.41, 5.74) is -0.807. The molecular weight excluding hydrogens is 390 g/mol. The first-order valence-electron chi connectivity index (χ1n) is 6.79. The highest BCUT2D eigenvalue weighted by atomic mass is 79.9. The van der Waals surface area contributed by atoms with Gasteiger partial charge in [-0.25, -0.2) is 13.2 Å². The fourth-order valence-corrected chi connectivity index (χ4v) is 4.65. The number of furan rings is 1. The van der Waals surface area contributed by atoms with Gasteiger partial charge in [0.1, 0.15) is 5.76 Å². The van der Waals surface area contributed by atoms with Gasteiger partial charge >= 0.3 is 5.97 Å². The molecule has 0 aliphatic carbocycles. The molecule has 9 heteroatoms. The van der Waals surface area contributed by atoms with Crippen LogP contribution in [0.1, 0.15) is 19.1 Å². The first kappa shape index (κ1) is 17.7. The Labute approximate surface area is 142 Å². The van der Waals surface area contributed by atoms with Gasteiger partial charge in [-0.05, 0) is 47.5 Å². The van der Waals surface area contributed by atoms with E-state index in [-0.39, 0.29) is 11.5 Å². The molecule has 126 valence electrons. The molecule has 1 aliphatic rings. The number of esters is 1. The number of halogens is 1. The Kier molecular flexibility index (Phi) is 5.30. The van der Waals surface area contributed by atoms with Crippen LogP contribution < -0.4 is 5.32 Å². The van der Waals surface area contributed by atoms with E-state index >= 15 is 0 Å². The van der Waals surface area contributed by atoms with Crippen molar-refractivity contribution in [3.63, 3.8) is 0 Å². The highest BCUT2D eigenvalue weighted by Crippen LogP contribution is 2.22. The first-order valence-corrected chi connectivity index (χ1v) is 9.41. The molecule has 1 atom stereocenters. The lowest BCUT2D eigenvalue weighted by Crippen LogP contribution is -2.48. The number of rotatable bonds is 5. The van der Waals surface area contributed by atoms with Crippen LogP contribution >= 0.6 is 15.9 Å². The van der Waals surface area contributed by atoms with Gasteiger partial charge in [0.2, 0.25) is 0 Å². The lowest BCUT2D eigenvalue weighted by Gasteiger charge is -2.23. The average Bonchev–Trinajstić information content (AvgIpc) is 2.97. The summed E-state index contributed by atoms with van der Waals surface area (Å²) in [6.07, 6.45) is 2.90. The Morgan fingerprint density at radius 1 is 1.48 bits per heavy atom. The highest BCUT2D eigenvalue weighted by molar-refractivity contribution is 9.10. The lowest BCUT2D eigenvalue weighted by molar-refractivity contribution is -0.144. The Morgan fingerprint density at radius 3 is 2.78 bits per heavy atom. The molecule has 1 aliphatic heterocycles. The van der Waals surface area contributed by atoms with Gasteiger partial charge in [-0.3, -0.25) is 4.79 Å². The molecule has 1 N–H and O–H groups in total.